The zero-order valence-corrected chi connectivity index (χ0v) is 18.0. The van der Waals surface area contributed by atoms with Crippen LogP contribution < -0.4 is 20.1 Å². The molecule has 0 aliphatic heterocycles. The van der Waals surface area contributed by atoms with Gasteiger partial charge in [0.15, 0.2) is 11.5 Å². The van der Waals surface area contributed by atoms with Gasteiger partial charge in [0.2, 0.25) is 0 Å². The first-order valence-corrected chi connectivity index (χ1v) is 10.8. The first kappa shape index (κ1) is 21.4. The van der Waals surface area contributed by atoms with Crippen molar-refractivity contribution in [3.63, 3.8) is 0 Å². The van der Waals surface area contributed by atoms with E-state index in [4.69, 9.17) is 9.47 Å². The molecule has 0 heterocycles. The molecule has 2 N–H and O–H groups in total. The molecule has 3 aromatic rings. The van der Waals surface area contributed by atoms with Crippen molar-refractivity contribution in [3.8, 4) is 11.5 Å². The largest absolute Gasteiger partial charge is 0.493 e. The molecule has 6 nitrogen and oxygen atoms in total. The number of hydrogen-bond donors (Lipinski definition) is 2. The maximum absolute atomic E-state index is 13.0. The van der Waals surface area contributed by atoms with Crippen molar-refractivity contribution in [1.82, 2.24) is 0 Å². The van der Waals surface area contributed by atoms with Gasteiger partial charge in [-0.25, -0.2) is 0 Å². The summed E-state index contributed by atoms with van der Waals surface area (Å²) in [7, 11) is 1.60. The van der Waals surface area contributed by atoms with Crippen LogP contribution in [0.25, 0.3) is 0 Å². The summed E-state index contributed by atoms with van der Waals surface area (Å²) in [6.45, 7) is 0. The van der Waals surface area contributed by atoms with E-state index in [-0.39, 0.29) is 17.9 Å². The quantitative estimate of drug-likeness (QED) is 0.517. The van der Waals surface area contributed by atoms with E-state index in [0.717, 1.165) is 25.7 Å². The number of carbonyl (C=O) groups excluding carboxylic acids is 2. The van der Waals surface area contributed by atoms with Gasteiger partial charge in [-0.1, -0.05) is 30.3 Å². The lowest BCUT2D eigenvalue weighted by atomic mass is 10.1. The molecule has 3 aromatic carbocycles. The SMILES string of the molecule is COc1ccc(NC(=O)c2ccccc2NC(=O)c2ccccc2)cc1OC1CCCC1. The highest BCUT2D eigenvalue weighted by molar-refractivity contribution is 6.12. The maximum atomic E-state index is 13.0. The number of rotatable bonds is 7. The number of anilines is 2. The maximum Gasteiger partial charge on any atom is 0.257 e. The van der Waals surface area contributed by atoms with Crippen LogP contribution in [-0.4, -0.2) is 25.0 Å². The van der Waals surface area contributed by atoms with E-state index in [1.54, 1.807) is 73.8 Å². The number of carbonyl (C=O) groups is 2. The molecule has 0 radical (unpaired) electrons. The predicted octanol–water partition coefficient (Wildman–Crippen LogP) is 5.52. The van der Waals surface area contributed by atoms with Crippen molar-refractivity contribution in [2.75, 3.05) is 17.7 Å². The van der Waals surface area contributed by atoms with E-state index in [1.165, 1.54) is 0 Å². The fraction of sp³-hybridized carbons (Fsp3) is 0.231. The van der Waals surface area contributed by atoms with Crippen molar-refractivity contribution >= 4 is 23.2 Å². The third-order valence-corrected chi connectivity index (χ3v) is 5.47. The lowest BCUT2D eigenvalue weighted by Gasteiger charge is -2.17. The van der Waals surface area contributed by atoms with Crippen LogP contribution in [0.4, 0.5) is 11.4 Å². The number of para-hydroxylation sites is 1. The minimum Gasteiger partial charge on any atom is -0.493 e. The Morgan fingerprint density at radius 3 is 2.28 bits per heavy atom. The summed E-state index contributed by atoms with van der Waals surface area (Å²) >= 11 is 0. The second kappa shape index (κ2) is 10.0. The molecular weight excluding hydrogens is 404 g/mol. The normalized spacial score (nSPS) is 13.4. The van der Waals surface area contributed by atoms with Gasteiger partial charge >= 0.3 is 0 Å². The van der Waals surface area contributed by atoms with E-state index in [0.29, 0.717) is 34.0 Å². The highest BCUT2D eigenvalue weighted by Gasteiger charge is 2.20. The Labute approximate surface area is 187 Å². The molecule has 164 valence electrons. The Morgan fingerprint density at radius 1 is 0.812 bits per heavy atom. The second-order valence-corrected chi connectivity index (χ2v) is 7.71. The second-order valence-electron chi connectivity index (χ2n) is 7.71. The van der Waals surface area contributed by atoms with Gasteiger partial charge in [-0.2, -0.15) is 0 Å². The Bertz CT molecular complexity index is 1090. The first-order valence-electron chi connectivity index (χ1n) is 10.8. The van der Waals surface area contributed by atoms with Gasteiger partial charge in [0.25, 0.3) is 11.8 Å². The number of benzene rings is 3. The molecule has 0 bridgehead atoms. The van der Waals surface area contributed by atoms with E-state index in [9.17, 15) is 9.59 Å². The summed E-state index contributed by atoms with van der Waals surface area (Å²) in [6.07, 6.45) is 4.54. The van der Waals surface area contributed by atoms with Crippen LogP contribution in [0.3, 0.4) is 0 Å². The standard InChI is InChI=1S/C26H26N2O4/c1-31-23-16-15-19(17-24(23)32-20-11-5-6-12-20)27-26(30)21-13-7-8-14-22(21)28-25(29)18-9-3-2-4-10-18/h2-4,7-10,13-17,20H,5-6,11-12H2,1H3,(H,27,30)(H,28,29). The fourth-order valence-electron chi connectivity index (χ4n) is 3.80. The first-order chi connectivity index (χ1) is 15.6. The highest BCUT2D eigenvalue weighted by atomic mass is 16.5. The molecule has 0 atom stereocenters. The Kier molecular flexibility index (Phi) is 6.70. The number of hydrogen-bond acceptors (Lipinski definition) is 4. The Hall–Kier alpha value is -3.80. The van der Waals surface area contributed by atoms with Crippen molar-refractivity contribution in [2.45, 2.75) is 31.8 Å². The van der Waals surface area contributed by atoms with E-state index < -0.39 is 0 Å². The summed E-state index contributed by atoms with van der Waals surface area (Å²) in [4.78, 5) is 25.6. The van der Waals surface area contributed by atoms with Crippen LogP contribution in [0.1, 0.15) is 46.4 Å². The molecule has 0 spiro atoms. The summed E-state index contributed by atoms with van der Waals surface area (Å²) < 4.78 is 11.5. The zero-order valence-electron chi connectivity index (χ0n) is 18.0. The van der Waals surface area contributed by atoms with Gasteiger partial charge in [-0.05, 0) is 62.1 Å². The topological polar surface area (TPSA) is 76.7 Å². The lowest BCUT2D eigenvalue weighted by molar-refractivity contribution is 0.102. The third kappa shape index (κ3) is 5.09. The van der Waals surface area contributed by atoms with Crippen molar-refractivity contribution in [2.24, 2.45) is 0 Å². The molecule has 0 aromatic heterocycles. The smallest absolute Gasteiger partial charge is 0.257 e. The average molecular weight is 431 g/mol. The van der Waals surface area contributed by atoms with Crippen LogP contribution in [-0.2, 0) is 0 Å². The highest BCUT2D eigenvalue weighted by Crippen LogP contribution is 2.34. The van der Waals surface area contributed by atoms with Gasteiger partial charge in [-0.3, -0.25) is 9.59 Å². The molecule has 6 heteroatoms. The van der Waals surface area contributed by atoms with Crippen LogP contribution in [0.15, 0.2) is 72.8 Å². The van der Waals surface area contributed by atoms with Crippen LogP contribution >= 0.6 is 0 Å². The van der Waals surface area contributed by atoms with Gasteiger partial charge < -0.3 is 20.1 Å². The van der Waals surface area contributed by atoms with E-state index >= 15 is 0 Å². The lowest BCUT2D eigenvalue weighted by Crippen LogP contribution is -2.18. The molecule has 1 fully saturated rings. The predicted molar refractivity (Wildman–Crippen MR) is 125 cm³/mol. The van der Waals surface area contributed by atoms with Gasteiger partial charge in [-0.15, -0.1) is 0 Å². The molecule has 0 unspecified atom stereocenters. The fourth-order valence-corrected chi connectivity index (χ4v) is 3.80. The molecule has 4 rings (SSSR count). The number of amides is 2. The zero-order chi connectivity index (χ0) is 22.3. The molecule has 2 amide bonds. The van der Waals surface area contributed by atoms with Crippen molar-refractivity contribution < 1.29 is 19.1 Å². The van der Waals surface area contributed by atoms with Crippen molar-refractivity contribution in [3.05, 3.63) is 83.9 Å². The molecule has 32 heavy (non-hydrogen) atoms. The molecular formula is C26H26N2O4. The monoisotopic (exact) mass is 430 g/mol. The van der Waals surface area contributed by atoms with Gasteiger partial charge in [0.1, 0.15) is 0 Å². The van der Waals surface area contributed by atoms with Crippen LogP contribution in [0.2, 0.25) is 0 Å². The number of nitrogens with one attached hydrogen (secondary N) is 2. The van der Waals surface area contributed by atoms with Gasteiger partial charge in [0.05, 0.1) is 24.5 Å². The summed E-state index contributed by atoms with van der Waals surface area (Å²) in [5, 5.41) is 5.73. The number of ether oxygens (including phenoxy) is 2. The Morgan fingerprint density at radius 2 is 1.53 bits per heavy atom. The van der Waals surface area contributed by atoms with E-state index in [1.807, 2.05) is 6.07 Å². The van der Waals surface area contributed by atoms with Gasteiger partial charge in [0, 0.05) is 17.3 Å². The molecule has 1 aliphatic carbocycles. The third-order valence-electron chi connectivity index (χ3n) is 5.47. The average Bonchev–Trinajstić information content (AvgIpc) is 3.33. The van der Waals surface area contributed by atoms with E-state index in [2.05, 4.69) is 10.6 Å². The minimum absolute atomic E-state index is 0.170. The van der Waals surface area contributed by atoms with Crippen molar-refractivity contribution in [1.29, 1.82) is 0 Å². The molecule has 0 saturated heterocycles. The van der Waals surface area contributed by atoms with Crippen LogP contribution in [0, 0.1) is 0 Å². The molecule has 1 aliphatic rings. The Balaban J connectivity index is 1.51. The summed E-state index contributed by atoms with van der Waals surface area (Å²) in [6, 6.07) is 21.1. The summed E-state index contributed by atoms with van der Waals surface area (Å²) in [5.74, 6) is 0.641. The van der Waals surface area contributed by atoms with Crippen LogP contribution in [0.5, 0.6) is 11.5 Å². The minimum atomic E-state index is -0.328. The summed E-state index contributed by atoms with van der Waals surface area (Å²) in [5.41, 5.74) is 1.92. The molecule has 1 saturated carbocycles. The number of methoxy groups -OCH3 is 1.